The first-order chi connectivity index (χ1) is 8.86. The van der Waals surface area contributed by atoms with Crippen LogP contribution in [-0.4, -0.2) is 16.1 Å². The van der Waals surface area contributed by atoms with Crippen molar-refractivity contribution in [1.29, 1.82) is 0 Å². The van der Waals surface area contributed by atoms with E-state index in [0.717, 1.165) is 30.5 Å². The van der Waals surface area contributed by atoms with Gasteiger partial charge in [0.15, 0.2) is 5.69 Å². The second-order valence-electron chi connectivity index (χ2n) is 3.43. The maximum atomic E-state index is 12.3. The monoisotopic (exact) mass is 273 g/mol. The summed E-state index contributed by atoms with van der Waals surface area (Å²) in [7, 11) is 0. The van der Waals surface area contributed by atoms with Gasteiger partial charge in [0.2, 0.25) is 0 Å². The molecule has 100 valence electrons. The molecule has 19 heavy (non-hydrogen) atoms. The highest BCUT2D eigenvalue weighted by atomic mass is 19.4. The molecule has 1 N–H and O–H groups in total. The molecule has 0 spiro atoms. The van der Waals surface area contributed by atoms with Crippen molar-refractivity contribution < 1.29 is 32.2 Å². The van der Waals surface area contributed by atoms with Crippen LogP contribution in [0, 0.1) is 0 Å². The van der Waals surface area contributed by atoms with Crippen LogP contribution >= 0.6 is 0 Å². The standard InChI is InChI=1S/C11H6F3NO4/c12-11(13,14)6-1-3-7(4-2-6)19-10-15-8(5-18-10)9(16)17/h1-5H,(H,16,17). The number of hydrogen-bond acceptors (Lipinski definition) is 4. The van der Waals surface area contributed by atoms with Gasteiger partial charge in [0.1, 0.15) is 12.0 Å². The Morgan fingerprint density at radius 3 is 2.37 bits per heavy atom. The quantitative estimate of drug-likeness (QED) is 0.929. The van der Waals surface area contributed by atoms with Crippen LogP contribution < -0.4 is 4.74 Å². The van der Waals surface area contributed by atoms with Crippen LogP contribution in [0.4, 0.5) is 13.2 Å². The minimum atomic E-state index is -4.43. The number of halogens is 3. The van der Waals surface area contributed by atoms with Crippen molar-refractivity contribution in [1.82, 2.24) is 4.98 Å². The minimum absolute atomic E-state index is 0.0480. The fourth-order valence-corrected chi connectivity index (χ4v) is 1.22. The van der Waals surface area contributed by atoms with Crippen LogP contribution in [0.1, 0.15) is 16.1 Å². The summed E-state index contributed by atoms with van der Waals surface area (Å²) < 4.78 is 46.6. The molecule has 1 heterocycles. The van der Waals surface area contributed by atoms with Crippen molar-refractivity contribution in [2.24, 2.45) is 0 Å². The first-order valence-corrected chi connectivity index (χ1v) is 4.90. The Labute approximate surface area is 104 Å². The Morgan fingerprint density at radius 2 is 1.89 bits per heavy atom. The Hall–Kier alpha value is -2.51. The first-order valence-electron chi connectivity index (χ1n) is 4.90. The van der Waals surface area contributed by atoms with Crippen molar-refractivity contribution in [3.8, 4) is 11.8 Å². The number of oxazole rings is 1. The van der Waals surface area contributed by atoms with E-state index in [0.29, 0.717) is 0 Å². The molecule has 0 radical (unpaired) electrons. The largest absolute Gasteiger partial charge is 0.476 e. The van der Waals surface area contributed by atoms with E-state index in [-0.39, 0.29) is 17.5 Å². The van der Waals surface area contributed by atoms with Crippen molar-refractivity contribution in [2.75, 3.05) is 0 Å². The molecule has 0 bridgehead atoms. The lowest BCUT2D eigenvalue weighted by Gasteiger charge is -2.06. The number of aromatic nitrogens is 1. The van der Waals surface area contributed by atoms with E-state index in [1.165, 1.54) is 0 Å². The van der Waals surface area contributed by atoms with Gasteiger partial charge in [-0.05, 0) is 24.3 Å². The van der Waals surface area contributed by atoms with Crippen molar-refractivity contribution in [3.05, 3.63) is 41.8 Å². The summed E-state index contributed by atoms with van der Waals surface area (Å²) in [6.07, 6.45) is -3.93. The maximum Gasteiger partial charge on any atom is 0.416 e. The molecule has 8 heteroatoms. The van der Waals surface area contributed by atoms with Gasteiger partial charge in [-0.3, -0.25) is 0 Å². The van der Waals surface area contributed by atoms with E-state index in [1.54, 1.807) is 0 Å². The molecule has 2 rings (SSSR count). The maximum absolute atomic E-state index is 12.3. The van der Waals surface area contributed by atoms with Crippen LogP contribution in [0.3, 0.4) is 0 Å². The van der Waals surface area contributed by atoms with E-state index >= 15 is 0 Å². The van der Waals surface area contributed by atoms with E-state index in [9.17, 15) is 18.0 Å². The molecule has 0 saturated carbocycles. The fraction of sp³-hybridized carbons (Fsp3) is 0.0909. The number of carbonyl (C=O) groups is 1. The second kappa shape index (κ2) is 4.63. The normalized spacial score (nSPS) is 11.3. The smallest absolute Gasteiger partial charge is 0.416 e. The van der Waals surface area contributed by atoms with Gasteiger partial charge in [0.25, 0.3) is 0 Å². The van der Waals surface area contributed by atoms with E-state index in [4.69, 9.17) is 14.3 Å². The highest BCUT2D eigenvalue weighted by Crippen LogP contribution is 2.31. The van der Waals surface area contributed by atoms with Gasteiger partial charge in [-0.25, -0.2) is 4.79 Å². The highest BCUT2D eigenvalue weighted by Gasteiger charge is 2.30. The van der Waals surface area contributed by atoms with Crippen molar-refractivity contribution in [2.45, 2.75) is 6.18 Å². The van der Waals surface area contributed by atoms with Gasteiger partial charge in [0.05, 0.1) is 5.56 Å². The third-order valence-corrected chi connectivity index (χ3v) is 2.09. The van der Waals surface area contributed by atoms with Crippen LogP contribution in [0.25, 0.3) is 0 Å². The predicted molar refractivity (Wildman–Crippen MR) is 55.0 cm³/mol. The lowest BCUT2D eigenvalue weighted by Crippen LogP contribution is -2.04. The number of carboxylic acid groups (broad SMARTS) is 1. The second-order valence-corrected chi connectivity index (χ2v) is 3.43. The number of carboxylic acids is 1. The predicted octanol–water partition coefficient (Wildman–Crippen LogP) is 3.18. The van der Waals surface area contributed by atoms with Crippen LogP contribution in [0.5, 0.6) is 11.8 Å². The molecular formula is C11H6F3NO4. The third kappa shape index (κ3) is 3.03. The Morgan fingerprint density at radius 1 is 1.26 bits per heavy atom. The average molecular weight is 273 g/mol. The molecule has 2 aromatic rings. The van der Waals surface area contributed by atoms with Gasteiger partial charge in [-0.2, -0.15) is 18.2 Å². The molecule has 0 aliphatic carbocycles. The Bertz CT molecular complexity index is 589. The van der Waals surface area contributed by atoms with Crippen LogP contribution in [0.15, 0.2) is 34.9 Å². The lowest BCUT2D eigenvalue weighted by molar-refractivity contribution is -0.137. The molecule has 0 fully saturated rings. The van der Waals surface area contributed by atoms with E-state index in [2.05, 4.69) is 4.98 Å². The molecule has 0 saturated heterocycles. The summed E-state index contributed by atoms with van der Waals surface area (Å²) in [5.41, 5.74) is -1.18. The van der Waals surface area contributed by atoms with E-state index in [1.807, 2.05) is 0 Å². The summed E-state index contributed by atoms with van der Waals surface area (Å²) in [5.74, 6) is -1.25. The minimum Gasteiger partial charge on any atom is -0.476 e. The van der Waals surface area contributed by atoms with Crippen LogP contribution in [-0.2, 0) is 6.18 Å². The molecule has 1 aromatic heterocycles. The van der Waals surface area contributed by atoms with Crippen molar-refractivity contribution >= 4 is 5.97 Å². The number of alkyl halides is 3. The Balaban J connectivity index is 2.13. The average Bonchev–Trinajstić information content (AvgIpc) is 2.77. The number of ether oxygens (including phenoxy) is 1. The number of nitrogens with zero attached hydrogens (tertiary/aromatic N) is 1. The molecule has 1 aromatic carbocycles. The molecule has 0 amide bonds. The summed E-state index contributed by atoms with van der Waals surface area (Å²) in [4.78, 5) is 14.0. The highest BCUT2D eigenvalue weighted by molar-refractivity contribution is 5.84. The molecule has 0 unspecified atom stereocenters. The number of benzene rings is 1. The molecule has 0 atom stereocenters. The molecule has 0 aliphatic rings. The van der Waals surface area contributed by atoms with Gasteiger partial charge in [-0.1, -0.05) is 0 Å². The van der Waals surface area contributed by atoms with Gasteiger partial charge >= 0.3 is 18.2 Å². The van der Waals surface area contributed by atoms with E-state index < -0.39 is 17.7 Å². The fourth-order valence-electron chi connectivity index (χ4n) is 1.22. The zero-order chi connectivity index (χ0) is 14.0. The molecule has 0 aliphatic heterocycles. The van der Waals surface area contributed by atoms with Crippen LogP contribution in [0.2, 0.25) is 0 Å². The lowest BCUT2D eigenvalue weighted by atomic mass is 10.2. The van der Waals surface area contributed by atoms with Gasteiger partial charge < -0.3 is 14.3 Å². The Kier molecular flexibility index (Phi) is 3.16. The van der Waals surface area contributed by atoms with Crippen molar-refractivity contribution in [3.63, 3.8) is 0 Å². The third-order valence-electron chi connectivity index (χ3n) is 2.09. The number of aromatic carboxylic acids is 1. The van der Waals surface area contributed by atoms with Gasteiger partial charge in [-0.15, -0.1) is 0 Å². The summed E-state index contributed by atoms with van der Waals surface area (Å²) in [6, 6.07) is 3.81. The molecular weight excluding hydrogens is 267 g/mol. The topological polar surface area (TPSA) is 72.6 Å². The SMILES string of the molecule is O=C(O)c1coc(Oc2ccc(C(F)(F)F)cc2)n1. The zero-order valence-corrected chi connectivity index (χ0v) is 9.14. The first kappa shape index (κ1) is 12.9. The summed E-state index contributed by atoms with van der Waals surface area (Å²) in [5, 5.41) is 8.59. The summed E-state index contributed by atoms with van der Waals surface area (Å²) in [6.45, 7) is 0. The number of rotatable bonds is 3. The summed E-state index contributed by atoms with van der Waals surface area (Å²) >= 11 is 0. The number of hydrogen-bond donors (Lipinski definition) is 1. The van der Waals surface area contributed by atoms with Gasteiger partial charge in [0, 0.05) is 0 Å². The molecule has 5 nitrogen and oxygen atoms in total. The zero-order valence-electron chi connectivity index (χ0n) is 9.14.